The summed E-state index contributed by atoms with van der Waals surface area (Å²) in [5.74, 6) is 1.09. The second kappa shape index (κ2) is 17.7. The molecule has 7 nitrogen and oxygen atoms in total. The smallest absolute Gasteiger partial charge is 0.169 e. The summed E-state index contributed by atoms with van der Waals surface area (Å²) in [6.45, 7) is 0.926. The van der Waals surface area contributed by atoms with Crippen LogP contribution in [0.4, 0.5) is 17.1 Å². The number of halogens is 2. The molecule has 0 amide bonds. The summed E-state index contributed by atoms with van der Waals surface area (Å²) in [4.78, 5) is 16.8. The largest absolute Gasteiger partial charge is 0.399 e. The maximum atomic E-state index is 5.56. The summed E-state index contributed by atoms with van der Waals surface area (Å²) >= 11 is 20.3. The number of thiocarbonyl (C=S) groups is 1. The van der Waals surface area contributed by atoms with E-state index >= 15 is 0 Å². The molecule has 3 aromatic carbocycles. The molecule has 7 rings (SSSR count). The molecule has 15 heteroatoms. The molecular formula is C26H27Cl2N7S6. The molecule has 3 aromatic heterocycles. The van der Waals surface area contributed by atoms with Crippen molar-refractivity contribution >= 4 is 151 Å². The Hall–Kier alpha value is -2.23. The number of fused-ring (bicyclic) bond motifs is 3. The number of hydrogen-bond acceptors (Lipinski definition) is 12. The molecule has 216 valence electrons. The molecule has 0 fully saturated rings. The molecule has 5 N–H and O–H groups in total. The quantitative estimate of drug-likeness (QED) is 0.0885. The van der Waals surface area contributed by atoms with Crippen LogP contribution >= 0.6 is 94.7 Å². The van der Waals surface area contributed by atoms with Crippen LogP contribution in [-0.4, -0.2) is 36.2 Å². The minimum Gasteiger partial charge on any atom is -0.399 e. The van der Waals surface area contributed by atoms with E-state index in [1.807, 2.05) is 65.1 Å². The van der Waals surface area contributed by atoms with Gasteiger partial charge in [0.25, 0.3) is 0 Å². The summed E-state index contributed by atoms with van der Waals surface area (Å²) < 4.78 is 3.46. The van der Waals surface area contributed by atoms with Gasteiger partial charge in [-0.2, -0.15) is 13.5 Å². The van der Waals surface area contributed by atoms with Gasteiger partial charge in [0.2, 0.25) is 0 Å². The molecule has 1 aliphatic heterocycles. The Morgan fingerprint density at radius 3 is 1.63 bits per heavy atom. The number of thiazole rings is 3. The summed E-state index contributed by atoms with van der Waals surface area (Å²) in [7, 11) is 0. The van der Waals surface area contributed by atoms with Crippen molar-refractivity contribution in [3.63, 3.8) is 0 Å². The van der Waals surface area contributed by atoms with Crippen molar-refractivity contribution in [1.82, 2.24) is 15.0 Å². The molecule has 6 aromatic rings. The highest BCUT2D eigenvalue weighted by molar-refractivity contribution is 8.14. The average Bonchev–Trinajstić information content (AvgIpc) is 3.71. The lowest BCUT2D eigenvalue weighted by Gasteiger charge is -2.04. The lowest BCUT2D eigenvalue weighted by molar-refractivity contribution is 1.17. The zero-order valence-corrected chi connectivity index (χ0v) is 27.2. The van der Waals surface area contributed by atoms with Crippen LogP contribution in [-0.2, 0) is 0 Å². The first-order valence-electron chi connectivity index (χ1n) is 11.2. The topological polar surface area (TPSA) is 115 Å². The second-order valence-electron chi connectivity index (χ2n) is 7.58. The molecule has 0 bridgehead atoms. The van der Waals surface area contributed by atoms with Crippen molar-refractivity contribution in [3.05, 3.63) is 71.1 Å². The molecule has 0 atom stereocenters. The molecule has 1 aliphatic rings. The average molecular weight is 701 g/mol. The lowest BCUT2D eigenvalue weighted by Crippen LogP contribution is -2.04. The Balaban J connectivity index is 0.000000202. The van der Waals surface area contributed by atoms with Crippen LogP contribution in [0.2, 0.25) is 0 Å². The van der Waals surface area contributed by atoms with Gasteiger partial charge in [0.15, 0.2) is 8.95 Å². The fraction of sp³-hybridized carbons (Fsp3) is 0.115. The normalized spacial score (nSPS) is 11.4. The van der Waals surface area contributed by atoms with Crippen molar-refractivity contribution in [2.45, 2.75) is 7.43 Å². The predicted molar refractivity (Wildman–Crippen MR) is 197 cm³/mol. The van der Waals surface area contributed by atoms with Crippen LogP contribution in [0, 0.1) is 0 Å². The number of anilines is 3. The zero-order valence-electron chi connectivity index (χ0n) is 20.6. The fourth-order valence-corrected chi connectivity index (χ4v) is 6.13. The van der Waals surface area contributed by atoms with Gasteiger partial charge in [-0.1, -0.05) is 54.6 Å². The van der Waals surface area contributed by atoms with Gasteiger partial charge in [0.1, 0.15) is 0 Å². The number of amidine groups is 1. The monoisotopic (exact) mass is 699 g/mol. The van der Waals surface area contributed by atoms with Gasteiger partial charge in [0.05, 0.1) is 53.7 Å². The van der Waals surface area contributed by atoms with Gasteiger partial charge in [-0.25, -0.2) is 15.0 Å². The van der Waals surface area contributed by atoms with E-state index < -0.39 is 0 Å². The van der Waals surface area contributed by atoms with Crippen molar-refractivity contribution in [3.8, 4) is 0 Å². The second-order valence-corrected chi connectivity index (χ2v) is 13.1. The van der Waals surface area contributed by atoms with Crippen LogP contribution in [0.25, 0.3) is 30.6 Å². The third kappa shape index (κ3) is 11.2. The van der Waals surface area contributed by atoms with Crippen molar-refractivity contribution in [2.24, 2.45) is 4.99 Å². The van der Waals surface area contributed by atoms with Gasteiger partial charge < -0.3 is 16.8 Å². The number of nitrogens with zero attached hydrogens (tertiary/aromatic N) is 4. The number of aromatic nitrogens is 3. The van der Waals surface area contributed by atoms with Crippen molar-refractivity contribution < 1.29 is 0 Å². The number of nitrogens with two attached hydrogens (primary N) is 2. The Bertz CT molecular complexity index is 1640. The first-order valence-corrected chi connectivity index (χ1v) is 16.0. The third-order valence-corrected chi connectivity index (χ3v) is 8.15. The van der Waals surface area contributed by atoms with Crippen LogP contribution < -0.4 is 16.8 Å². The van der Waals surface area contributed by atoms with Gasteiger partial charge in [-0.3, -0.25) is 4.99 Å². The van der Waals surface area contributed by atoms with E-state index in [1.54, 1.807) is 45.8 Å². The Labute approximate surface area is 276 Å². The summed E-state index contributed by atoms with van der Waals surface area (Å²) in [6.07, 6.45) is 0. The van der Waals surface area contributed by atoms with E-state index in [2.05, 4.69) is 43.5 Å². The van der Waals surface area contributed by atoms with E-state index in [4.69, 9.17) is 34.7 Å². The molecule has 0 saturated heterocycles. The highest BCUT2D eigenvalue weighted by Gasteiger charge is 2.07. The first-order chi connectivity index (χ1) is 18.9. The third-order valence-electron chi connectivity index (χ3n) is 4.88. The molecular weight excluding hydrogens is 674 g/mol. The van der Waals surface area contributed by atoms with Gasteiger partial charge in [-0.05, 0) is 54.6 Å². The molecule has 0 spiro atoms. The van der Waals surface area contributed by atoms with Crippen LogP contribution in [0.3, 0.4) is 0 Å². The molecule has 4 heterocycles. The summed E-state index contributed by atoms with van der Waals surface area (Å²) in [5.41, 5.74) is 22.5. The van der Waals surface area contributed by atoms with Crippen LogP contribution in [0.1, 0.15) is 7.43 Å². The SMILES string of the molecule is C.Nc1ccc2ncsc2c1.Nc1ccc2ncsc2c1.S.S=C(Cl)Cl.c1nc2ccc(NC3=NCCS3)cc2s1. The Morgan fingerprint density at radius 1 is 0.756 bits per heavy atom. The fourth-order valence-electron chi connectivity index (χ4n) is 3.21. The number of thioether (sulfide) groups is 1. The number of rotatable bonds is 1. The molecule has 0 radical (unpaired) electrons. The summed E-state index contributed by atoms with van der Waals surface area (Å²) in [6, 6.07) is 17.7. The first kappa shape index (κ1) is 35.0. The van der Waals surface area contributed by atoms with Gasteiger partial charge >= 0.3 is 0 Å². The molecule has 0 aliphatic carbocycles. The number of benzene rings is 3. The molecule has 0 unspecified atom stereocenters. The van der Waals surface area contributed by atoms with E-state index in [9.17, 15) is 0 Å². The van der Waals surface area contributed by atoms with Crippen LogP contribution in [0.5, 0.6) is 0 Å². The lowest BCUT2D eigenvalue weighted by atomic mass is 10.3. The Kier molecular flexibility index (Phi) is 15.1. The van der Waals surface area contributed by atoms with Crippen LogP contribution in [0.15, 0.2) is 76.1 Å². The van der Waals surface area contributed by atoms with Gasteiger partial charge in [0, 0.05) is 22.8 Å². The van der Waals surface area contributed by atoms with E-state index in [0.29, 0.717) is 0 Å². The van der Waals surface area contributed by atoms with Crippen molar-refractivity contribution in [2.75, 3.05) is 29.1 Å². The van der Waals surface area contributed by atoms with Gasteiger partial charge in [-0.15, -0.1) is 34.0 Å². The highest BCUT2D eigenvalue weighted by atomic mass is 35.5. The number of nitrogens with one attached hydrogen (secondary N) is 1. The maximum absolute atomic E-state index is 5.56. The van der Waals surface area contributed by atoms with Crippen molar-refractivity contribution in [1.29, 1.82) is 0 Å². The molecule has 41 heavy (non-hydrogen) atoms. The Morgan fingerprint density at radius 2 is 1.20 bits per heavy atom. The van der Waals surface area contributed by atoms with E-state index in [-0.39, 0.29) is 24.7 Å². The zero-order chi connectivity index (χ0) is 27.6. The van der Waals surface area contributed by atoms with E-state index in [0.717, 1.165) is 60.5 Å². The number of nitrogen functional groups attached to an aromatic ring is 2. The minimum absolute atomic E-state index is 0. The highest BCUT2D eigenvalue weighted by Crippen LogP contribution is 2.24. The maximum Gasteiger partial charge on any atom is 0.169 e. The molecule has 0 saturated carbocycles. The van der Waals surface area contributed by atoms with E-state index in [1.165, 1.54) is 4.70 Å². The minimum atomic E-state index is -0.0556. The number of hydrogen-bond donors (Lipinski definition) is 3. The standard InChI is InChI=1S/C10H9N3S2.2C7H6N2S.CCl2S.CH4.H2S/c1-2-8-9(15-6-12-8)5-7(1)13-10-11-3-4-14-10;2*8-5-1-2-6-7(3-5)10-4-9-6;2-1(3)4;;/h1-2,5-6H,3-4H2,(H,11,13);2*1-4H,8H2;;1H4;1H2. The summed E-state index contributed by atoms with van der Waals surface area (Å²) in [5, 5.41) is 4.34. The predicted octanol–water partition coefficient (Wildman–Crippen LogP) is 9.07. The number of aliphatic imine (C=N–C) groups is 1.